The summed E-state index contributed by atoms with van der Waals surface area (Å²) in [7, 11) is -0.293. The number of thiophene rings is 1. The van der Waals surface area contributed by atoms with E-state index in [1.807, 2.05) is 0 Å². The van der Waals surface area contributed by atoms with Crippen LogP contribution in [0.1, 0.15) is 0 Å². The van der Waals surface area contributed by atoms with Gasteiger partial charge in [-0.2, -0.15) is 0 Å². The Morgan fingerprint density at radius 2 is 1.92 bits per heavy atom. The second-order valence-corrected chi connectivity index (χ2v) is 7.35. The molecule has 74 valence electrons. The largest absolute Gasteiger partial charge is 0.253 e. The fourth-order valence-corrected chi connectivity index (χ4v) is 4.83. The van der Waals surface area contributed by atoms with Crippen LogP contribution >= 0.6 is 43.2 Å². The van der Waals surface area contributed by atoms with Crippen LogP contribution in [0.2, 0.25) is 0 Å². The Kier molecular flexibility index (Phi) is 3.56. The van der Waals surface area contributed by atoms with Gasteiger partial charge in [0.15, 0.2) is 4.21 Å². The molecule has 3 nitrogen and oxygen atoms in total. The minimum absolute atomic E-state index is 0.323. The average Bonchev–Trinajstić information content (AvgIpc) is 2.33. The average molecular weight is 349 g/mol. The van der Waals surface area contributed by atoms with Crippen LogP contribution in [0.4, 0.5) is 0 Å². The van der Waals surface area contributed by atoms with Crippen molar-refractivity contribution in [2.24, 2.45) is 0 Å². The lowest BCUT2D eigenvalue weighted by Crippen LogP contribution is -2.21. The predicted octanol–water partition coefficient (Wildman–Crippen LogP) is 2.52. The third-order valence-electron chi connectivity index (χ3n) is 1.37. The standard InChI is InChI=1S/C6H7Br2NO2S2/c1-9(2)13(10,11)6-5(8)4(7)3-12-6/h3H,1-2H3. The highest BCUT2D eigenvalue weighted by Gasteiger charge is 2.23. The van der Waals surface area contributed by atoms with Crippen molar-refractivity contribution >= 4 is 53.2 Å². The van der Waals surface area contributed by atoms with Crippen LogP contribution in [0.5, 0.6) is 0 Å². The number of halogens is 2. The molecule has 13 heavy (non-hydrogen) atoms. The molecule has 0 aliphatic rings. The monoisotopic (exact) mass is 347 g/mol. The van der Waals surface area contributed by atoms with Crippen LogP contribution in [-0.2, 0) is 10.0 Å². The highest BCUT2D eigenvalue weighted by Crippen LogP contribution is 2.36. The first kappa shape index (κ1) is 11.6. The van der Waals surface area contributed by atoms with Gasteiger partial charge in [-0.1, -0.05) is 0 Å². The molecule has 0 amide bonds. The van der Waals surface area contributed by atoms with Gasteiger partial charge in [0.05, 0.1) is 4.47 Å². The van der Waals surface area contributed by atoms with E-state index >= 15 is 0 Å². The summed E-state index contributed by atoms with van der Waals surface area (Å²) in [5.74, 6) is 0. The fourth-order valence-electron chi connectivity index (χ4n) is 0.646. The first-order chi connectivity index (χ1) is 5.87. The van der Waals surface area contributed by atoms with E-state index in [0.29, 0.717) is 8.68 Å². The molecule has 0 aromatic carbocycles. The van der Waals surface area contributed by atoms with Gasteiger partial charge in [0.1, 0.15) is 0 Å². The minimum atomic E-state index is -3.31. The summed E-state index contributed by atoms with van der Waals surface area (Å²) in [4.78, 5) is 0. The highest BCUT2D eigenvalue weighted by molar-refractivity contribution is 9.13. The normalized spacial score (nSPS) is 12.4. The Morgan fingerprint density at radius 1 is 1.38 bits per heavy atom. The van der Waals surface area contributed by atoms with Crippen LogP contribution in [0.3, 0.4) is 0 Å². The second kappa shape index (κ2) is 3.98. The molecule has 0 aliphatic carbocycles. The molecule has 0 aliphatic heterocycles. The van der Waals surface area contributed by atoms with Gasteiger partial charge in [-0.3, -0.25) is 0 Å². The van der Waals surface area contributed by atoms with Crippen LogP contribution < -0.4 is 0 Å². The molecule has 0 unspecified atom stereocenters. The minimum Gasteiger partial charge on any atom is -0.206 e. The summed E-state index contributed by atoms with van der Waals surface area (Å²) < 4.78 is 26.2. The highest BCUT2D eigenvalue weighted by atomic mass is 79.9. The summed E-state index contributed by atoms with van der Waals surface area (Å²) in [5, 5.41) is 1.74. The summed E-state index contributed by atoms with van der Waals surface area (Å²) in [6.45, 7) is 0. The molecule has 0 saturated heterocycles. The maximum atomic E-state index is 11.7. The number of sulfonamides is 1. The lowest BCUT2D eigenvalue weighted by molar-refractivity contribution is 0.522. The van der Waals surface area contributed by atoms with E-state index in [1.54, 1.807) is 5.38 Å². The van der Waals surface area contributed by atoms with Gasteiger partial charge in [-0.15, -0.1) is 11.3 Å². The topological polar surface area (TPSA) is 37.4 Å². The Balaban J connectivity index is 3.32. The lowest BCUT2D eigenvalue weighted by Gasteiger charge is -2.09. The van der Waals surface area contributed by atoms with Crippen LogP contribution in [0, 0.1) is 0 Å². The maximum Gasteiger partial charge on any atom is 0.253 e. The van der Waals surface area contributed by atoms with Crippen LogP contribution in [0.15, 0.2) is 18.5 Å². The predicted molar refractivity (Wildman–Crippen MR) is 60.6 cm³/mol. The molecule has 0 spiro atoms. The molecule has 1 rings (SSSR count). The van der Waals surface area contributed by atoms with E-state index in [-0.39, 0.29) is 0 Å². The lowest BCUT2D eigenvalue weighted by atomic mass is 10.7. The fraction of sp³-hybridized carbons (Fsp3) is 0.333. The van der Waals surface area contributed by atoms with Crippen molar-refractivity contribution < 1.29 is 8.42 Å². The van der Waals surface area contributed by atoms with Gasteiger partial charge in [-0.05, 0) is 31.9 Å². The summed E-state index contributed by atoms with van der Waals surface area (Å²) in [5.41, 5.74) is 0. The number of hydrogen-bond donors (Lipinski definition) is 0. The molecule has 0 N–H and O–H groups in total. The molecule has 1 aromatic rings. The van der Waals surface area contributed by atoms with Gasteiger partial charge in [0.25, 0.3) is 10.0 Å². The van der Waals surface area contributed by atoms with E-state index in [9.17, 15) is 8.42 Å². The summed E-state index contributed by atoms with van der Waals surface area (Å²) in [6.07, 6.45) is 0. The molecule has 0 atom stereocenters. The third-order valence-corrected chi connectivity index (χ3v) is 7.51. The second-order valence-electron chi connectivity index (χ2n) is 2.47. The number of hydrogen-bond acceptors (Lipinski definition) is 3. The van der Waals surface area contributed by atoms with E-state index in [2.05, 4.69) is 31.9 Å². The smallest absolute Gasteiger partial charge is 0.206 e. The molecule has 1 aromatic heterocycles. The first-order valence-corrected chi connectivity index (χ1v) is 7.13. The van der Waals surface area contributed by atoms with E-state index in [4.69, 9.17) is 0 Å². The summed E-state index contributed by atoms with van der Waals surface area (Å²) in [6, 6.07) is 0. The van der Waals surface area contributed by atoms with Crippen molar-refractivity contribution in [1.29, 1.82) is 0 Å². The Hall–Kier alpha value is 0.570. The van der Waals surface area contributed by atoms with Crippen molar-refractivity contribution in [1.82, 2.24) is 4.31 Å². The molecule has 0 saturated carbocycles. The molecule has 7 heteroatoms. The van der Waals surface area contributed by atoms with Crippen molar-refractivity contribution in [2.75, 3.05) is 14.1 Å². The molecule has 0 bridgehead atoms. The van der Waals surface area contributed by atoms with Crippen LogP contribution in [-0.4, -0.2) is 26.8 Å². The van der Waals surface area contributed by atoms with E-state index in [1.165, 1.54) is 29.7 Å². The first-order valence-electron chi connectivity index (χ1n) is 3.22. The molecule has 1 heterocycles. The van der Waals surface area contributed by atoms with Crippen molar-refractivity contribution in [2.45, 2.75) is 4.21 Å². The van der Waals surface area contributed by atoms with Crippen LogP contribution in [0.25, 0.3) is 0 Å². The van der Waals surface area contributed by atoms with Crippen molar-refractivity contribution in [3.8, 4) is 0 Å². The Morgan fingerprint density at radius 3 is 2.23 bits per heavy atom. The summed E-state index contributed by atoms with van der Waals surface area (Å²) >= 11 is 7.64. The van der Waals surface area contributed by atoms with Crippen molar-refractivity contribution in [3.05, 3.63) is 14.3 Å². The van der Waals surface area contributed by atoms with Gasteiger partial charge < -0.3 is 0 Å². The van der Waals surface area contributed by atoms with Crippen molar-refractivity contribution in [3.63, 3.8) is 0 Å². The van der Waals surface area contributed by atoms with E-state index < -0.39 is 10.0 Å². The molecular formula is C6H7Br2NO2S2. The van der Waals surface area contributed by atoms with Gasteiger partial charge >= 0.3 is 0 Å². The SMILES string of the molecule is CN(C)S(=O)(=O)c1scc(Br)c1Br. The molecule has 0 fully saturated rings. The zero-order chi connectivity index (χ0) is 10.2. The van der Waals surface area contributed by atoms with Gasteiger partial charge in [-0.25, -0.2) is 12.7 Å². The van der Waals surface area contributed by atoms with Gasteiger partial charge in [0.2, 0.25) is 0 Å². The quantitative estimate of drug-likeness (QED) is 0.823. The molecular weight excluding hydrogens is 342 g/mol. The maximum absolute atomic E-state index is 11.7. The molecule has 0 radical (unpaired) electrons. The third kappa shape index (κ3) is 2.15. The van der Waals surface area contributed by atoms with Gasteiger partial charge in [0, 0.05) is 23.9 Å². The number of rotatable bonds is 2. The Bertz CT molecular complexity index is 410. The van der Waals surface area contributed by atoms with E-state index in [0.717, 1.165) is 4.47 Å². The Labute approximate surface area is 98.1 Å². The zero-order valence-electron chi connectivity index (χ0n) is 6.91. The number of nitrogens with zero attached hydrogens (tertiary/aromatic N) is 1. The zero-order valence-corrected chi connectivity index (χ0v) is 11.7.